The third-order valence-electron chi connectivity index (χ3n) is 6.54. The maximum Gasteiger partial charge on any atom is 0.214 e. The molecule has 1 aromatic carbocycles. The molecule has 0 bridgehead atoms. The lowest BCUT2D eigenvalue weighted by Crippen LogP contribution is -2.49. The van der Waals surface area contributed by atoms with Crippen molar-refractivity contribution in [3.8, 4) is 11.5 Å². The summed E-state index contributed by atoms with van der Waals surface area (Å²) in [7, 11) is -0.155. The van der Waals surface area contributed by atoms with Crippen molar-refractivity contribution in [3.05, 3.63) is 23.8 Å². The van der Waals surface area contributed by atoms with E-state index in [1.165, 1.54) is 4.31 Å². The number of hydrogen-bond donors (Lipinski definition) is 2. The predicted octanol–water partition coefficient (Wildman–Crippen LogP) is 3.84. The Kier molecular flexibility index (Phi) is 14.9. The van der Waals surface area contributed by atoms with Crippen molar-refractivity contribution < 1.29 is 27.7 Å². The van der Waals surface area contributed by atoms with Crippen LogP contribution < -0.4 is 15.2 Å². The molecular weight excluding hydrogens is 480 g/mol. The van der Waals surface area contributed by atoms with Gasteiger partial charge in [-0.3, -0.25) is 0 Å². The van der Waals surface area contributed by atoms with E-state index in [1.807, 2.05) is 39.0 Å². The highest BCUT2D eigenvalue weighted by molar-refractivity contribution is 7.89. The summed E-state index contributed by atoms with van der Waals surface area (Å²) in [5.74, 6) is 2.00. The van der Waals surface area contributed by atoms with Crippen molar-refractivity contribution in [3.63, 3.8) is 0 Å². The molecule has 0 fully saturated rings. The van der Waals surface area contributed by atoms with Crippen LogP contribution in [0, 0.1) is 11.8 Å². The Morgan fingerprint density at radius 3 is 2.31 bits per heavy atom. The summed E-state index contributed by atoms with van der Waals surface area (Å²) in [6.07, 6.45) is 2.58. The fourth-order valence-electron chi connectivity index (χ4n) is 4.16. The Labute approximate surface area is 219 Å². The van der Waals surface area contributed by atoms with Gasteiger partial charge in [0.05, 0.1) is 25.6 Å². The number of aliphatic hydroxyl groups excluding tert-OH is 1. The van der Waals surface area contributed by atoms with E-state index in [0.29, 0.717) is 43.5 Å². The average Bonchev–Trinajstić information content (AvgIpc) is 2.83. The van der Waals surface area contributed by atoms with Crippen molar-refractivity contribution >= 4 is 10.0 Å². The van der Waals surface area contributed by atoms with Gasteiger partial charge in [0.2, 0.25) is 10.0 Å². The maximum absolute atomic E-state index is 12.8. The minimum atomic E-state index is -3.44. The summed E-state index contributed by atoms with van der Waals surface area (Å²) >= 11 is 0. The molecule has 8 nitrogen and oxygen atoms in total. The van der Waals surface area contributed by atoms with Gasteiger partial charge in [0.15, 0.2) is 11.5 Å². The lowest BCUT2D eigenvalue weighted by Gasteiger charge is -2.32. The molecule has 0 aliphatic carbocycles. The Hall–Kier alpha value is -1.39. The van der Waals surface area contributed by atoms with E-state index in [-0.39, 0.29) is 24.3 Å². The van der Waals surface area contributed by atoms with Crippen molar-refractivity contribution in [1.82, 2.24) is 4.31 Å². The lowest BCUT2D eigenvalue weighted by molar-refractivity contribution is 0.0981. The van der Waals surface area contributed by atoms with Crippen molar-refractivity contribution in [2.24, 2.45) is 17.6 Å². The second kappa shape index (κ2) is 16.5. The van der Waals surface area contributed by atoms with Gasteiger partial charge < -0.3 is 25.1 Å². The van der Waals surface area contributed by atoms with Crippen molar-refractivity contribution in [1.29, 1.82) is 0 Å². The minimum Gasteiger partial charge on any atom is -0.493 e. The quantitative estimate of drug-likeness (QED) is 0.261. The topological polar surface area (TPSA) is 111 Å². The Balaban J connectivity index is 2.91. The molecule has 1 rings (SSSR count). The largest absolute Gasteiger partial charge is 0.493 e. The van der Waals surface area contributed by atoms with Crippen LogP contribution in [0.4, 0.5) is 0 Å². The van der Waals surface area contributed by atoms with Crippen molar-refractivity contribution in [2.45, 2.75) is 84.9 Å². The van der Waals surface area contributed by atoms with Gasteiger partial charge in [-0.1, -0.05) is 33.3 Å². The van der Waals surface area contributed by atoms with Gasteiger partial charge in [-0.05, 0) is 62.6 Å². The number of rotatable bonds is 19. The maximum atomic E-state index is 12.8. The monoisotopic (exact) mass is 530 g/mol. The molecule has 3 N–H and O–H groups in total. The molecule has 0 aromatic heterocycles. The van der Waals surface area contributed by atoms with Gasteiger partial charge in [0.25, 0.3) is 0 Å². The minimum absolute atomic E-state index is 0.0116. The number of benzene rings is 1. The number of hydrogen-bond acceptors (Lipinski definition) is 7. The number of aliphatic hydroxyl groups is 1. The molecule has 9 heteroatoms. The number of nitrogens with two attached hydrogens (primary N) is 1. The highest BCUT2D eigenvalue weighted by Gasteiger charge is 2.30. The van der Waals surface area contributed by atoms with Crippen LogP contribution in [-0.2, 0) is 21.2 Å². The molecule has 0 saturated carbocycles. The van der Waals surface area contributed by atoms with E-state index in [2.05, 4.69) is 13.8 Å². The van der Waals surface area contributed by atoms with Crippen LogP contribution in [0.2, 0.25) is 0 Å². The van der Waals surface area contributed by atoms with E-state index in [0.717, 1.165) is 24.8 Å². The summed E-state index contributed by atoms with van der Waals surface area (Å²) < 4.78 is 43.5. The summed E-state index contributed by atoms with van der Waals surface area (Å²) in [6.45, 7) is 11.1. The molecule has 0 unspecified atom stereocenters. The van der Waals surface area contributed by atoms with Crippen LogP contribution in [0.1, 0.15) is 65.9 Å². The normalized spacial score (nSPS) is 14.9. The summed E-state index contributed by atoms with van der Waals surface area (Å²) in [6, 6.07) is 5.16. The van der Waals surface area contributed by atoms with Gasteiger partial charge in [0, 0.05) is 38.8 Å². The molecule has 210 valence electrons. The first-order valence-electron chi connectivity index (χ1n) is 13.2. The molecule has 3 atom stereocenters. The third-order valence-corrected chi connectivity index (χ3v) is 8.63. The zero-order valence-corrected chi connectivity index (χ0v) is 24.2. The van der Waals surface area contributed by atoms with Gasteiger partial charge in [0.1, 0.15) is 0 Å². The number of ether oxygens (including phenoxy) is 3. The van der Waals surface area contributed by atoms with Crippen molar-refractivity contribution in [2.75, 3.05) is 39.7 Å². The summed E-state index contributed by atoms with van der Waals surface area (Å²) in [5, 5.41) is 10.9. The molecule has 0 heterocycles. The molecule has 1 aromatic rings. The fraction of sp³-hybridized carbons (Fsp3) is 0.778. The van der Waals surface area contributed by atoms with Crippen LogP contribution in [0.3, 0.4) is 0 Å². The average molecular weight is 531 g/mol. The fourth-order valence-corrected chi connectivity index (χ4v) is 6.07. The standard InChI is InChI=1S/C27H50N2O6S/c1-8-9-15-36(31,32)29(21(4)5)19-25(30)24(28)18-23(20(2)3)16-22-11-12-26(34-7)27(17-22)35-14-10-13-33-6/h11-12,17,20-21,23-25,30H,8-10,13-16,18-19,28H2,1-7H3/t23-,24-,25-/m0/s1. The van der Waals surface area contributed by atoms with Gasteiger partial charge >= 0.3 is 0 Å². The molecular formula is C27H50N2O6S. The highest BCUT2D eigenvalue weighted by Crippen LogP contribution is 2.31. The van der Waals surface area contributed by atoms with Crippen LogP contribution in [-0.4, -0.2) is 75.7 Å². The van der Waals surface area contributed by atoms with E-state index in [9.17, 15) is 13.5 Å². The van der Waals surface area contributed by atoms with Gasteiger partial charge in [-0.2, -0.15) is 4.31 Å². The Morgan fingerprint density at radius 1 is 1.06 bits per heavy atom. The van der Waals surface area contributed by atoms with E-state index in [1.54, 1.807) is 14.2 Å². The number of nitrogens with zero attached hydrogens (tertiary/aromatic N) is 1. The lowest BCUT2D eigenvalue weighted by atomic mass is 9.83. The first-order chi connectivity index (χ1) is 17.0. The molecule has 0 radical (unpaired) electrons. The first-order valence-corrected chi connectivity index (χ1v) is 14.8. The SMILES string of the molecule is CCCCS(=O)(=O)N(C[C@H](O)[C@@H](N)C[C@H](Cc1ccc(OC)c(OCCCOC)c1)C(C)C)C(C)C. The number of methoxy groups -OCH3 is 2. The molecule has 36 heavy (non-hydrogen) atoms. The van der Waals surface area contributed by atoms with Crippen LogP contribution in [0.5, 0.6) is 11.5 Å². The zero-order valence-electron chi connectivity index (χ0n) is 23.4. The van der Waals surface area contributed by atoms with Crippen LogP contribution in [0.25, 0.3) is 0 Å². The van der Waals surface area contributed by atoms with Crippen LogP contribution in [0.15, 0.2) is 18.2 Å². The zero-order chi connectivity index (χ0) is 27.3. The van der Waals surface area contributed by atoms with Crippen LogP contribution >= 0.6 is 0 Å². The molecule has 0 amide bonds. The van der Waals surface area contributed by atoms with Gasteiger partial charge in [-0.25, -0.2) is 8.42 Å². The van der Waals surface area contributed by atoms with E-state index in [4.69, 9.17) is 19.9 Å². The predicted molar refractivity (Wildman–Crippen MR) is 146 cm³/mol. The highest BCUT2D eigenvalue weighted by atomic mass is 32.2. The van der Waals surface area contributed by atoms with Gasteiger partial charge in [-0.15, -0.1) is 0 Å². The number of sulfonamides is 1. The van der Waals surface area contributed by atoms with E-state index >= 15 is 0 Å². The summed E-state index contributed by atoms with van der Waals surface area (Å²) in [5.41, 5.74) is 7.54. The second-order valence-corrected chi connectivity index (χ2v) is 12.2. The molecule has 0 aliphatic heterocycles. The molecule has 0 aliphatic rings. The third kappa shape index (κ3) is 10.9. The smallest absolute Gasteiger partial charge is 0.214 e. The number of unbranched alkanes of at least 4 members (excludes halogenated alkanes) is 1. The second-order valence-electron chi connectivity index (χ2n) is 10.2. The molecule has 0 spiro atoms. The summed E-state index contributed by atoms with van der Waals surface area (Å²) in [4.78, 5) is 0. The first kappa shape index (κ1) is 32.6. The van der Waals surface area contributed by atoms with E-state index < -0.39 is 22.2 Å². The Morgan fingerprint density at radius 2 is 1.75 bits per heavy atom. The Bertz CT molecular complexity index is 847. The molecule has 0 saturated heterocycles.